The van der Waals surface area contributed by atoms with Crippen molar-refractivity contribution in [3.8, 4) is 0 Å². The fourth-order valence-electron chi connectivity index (χ4n) is 1.85. The van der Waals surface area contributed by atoms with Crippen LogP contribution in [0.4, 0.5) is 10.1 Å². The van der Waals surface area contributed by atoms with E-state index in [1.54, 1.807) is 6.07 Å². The van der Waals surface area contributed by atoms with Gasteiger partial charge in [-0.15, -0.1) is 0 Å². The monoisotopic (exact) mass is 253 g/mol. The quantitative estimate of drug-likeness (QED) is 0.873. The van der Waals surface area contributed by atoms with Gasteiger partial charge in [0.25, 0.3) is 5.91 Å². The first kappa shape index (κ1) is 12.5. The Labute approximate surface area is 103 Å². The number of hydrogen-bond acceptors (Lipinski definition) is 3. The highest BCUT2D eigenvalue weighted by Gasteiger charge is 2.32. The number of rotatable bonds is 3. The van der Waals surface area contributed by atoms with Gasteiger partial charge in [0.05, 0.1) is 13.0 Å². The Bertz CT molecular complexity index is 477. The highest BCUT2D eigenvalue weighted by atomic mass is 19.1. The number of anilines is 1. The number of carboxylic acids is 1. The zero-order chi connectivity index (χ0) is 13.1. The Morgan fingerprint density at radius 3 is 3.00 bits per heavy atom. The second-order valence-electron chi connectivity index (χ2n) is 3.93. The smallest absolute Gasteiger partial charge is 0.306 e. The van der Waals surface area contributed by atoms with Gasteiger partial charge in [-0.25, -0.2) is 4.39 Å². The first-order valence-corrected chi connectivity index (χ1v) is 5.48. The molecule has 2 rings (SSSR count). The van der Waals surface area contributed by atoms with E-state index in [2.05, 4.69) is 0 Å². The highest BCUT2D eigenvalue weighted by Crippen LogP contribution is 2.20. The molecule has 0 aliphatic carbocycles. The van der Waals surface area contributed by atoms with Gasteiger partial charge in [0.15, 0.2) is 0 Å². The molecule has 1 heterocycles. The van der Waals surface area contributed by atoms with E-state index in [4.69, 9.17) is 9.84 Å². The summed E-state index contributed by atoms with van der Waals surface area (Å²) in [6, 6.07) is 5.62. The average molecular weight is 253 g/mol. The molecule has 6 heteroatoms. The van der Waals surface area contributed by atoms with E-state index in [9.17, 15) is 14.0 Å². The van der Waals surface area contributed by atoms with Crippen LogP contribution in [-0.4, -0.2) is 36.2 Å². The lowest BCUT2D eigenvalue weighted by molar-refractivity contribution is -0.147. The minimum atomic E-state index is -1.10. The molecule has 1 N–H and O–H groups in total. The Balaban J connectivity index is 2.18. The van der Waals surface area contributed by atoms with Crippen molar-refractivity contribution in [2.45, 2.75) is 12.5 Å². The zero-order valence-corrected chi connectivity index (χ0v) is 9.51. The molecule has 1 amide bonds. The summed E-state index contributed by atoms with van der Waals surface area (Å²) in [6.45, 7) is 0.526. The number of nitrogens with zero attached hydrogens (tertiary/aromatic N) is 1. The molecule has 1 aromatic carbocycles. The highest BCUT2D eigenvalue weighted by molar-refractivity contribution is 5.98. The number of hydrogen-bond donors (Lipinski definition) is 1. The number of carboxylic acid groups (broad SMARTS) is 1. The molecule has 1 aromatic rings. The molecular weight excluding hydrogens is 241 g/mol. The minimum absolute atomic E-state index is 0.236. The van der Waals surface area contributed by atoms with E-state index in [1.165, 1.54) is 23.1 Å². The van der Waals surface area contributed by atoms with Crippen LogP contribution in [0.1, 0.15) is 6.42 Å². The van der Waals surface area contributed by atoms with E-state index in [1.807, 2.05) is 0 Å². The molecule has 0 spiro atoms. The van der Waals surface area contributed by atoms with Crippen molar-refractivity contribution in [2.75, 3.05) is 18.1 Å². The molecule has 1 fully saturated rings. The molecule has 1 aliphatic heterocycles. The van der Waals surface area contributed by atoms with Crippen LogP contribution < -0.4 is 4.90 Å². The molecule has 0 aromatic heterocycles. The number of halogens is 1. The molecular formula is C12H12FNO4. The summed E-state index contributed by atoms with van der Waals surface area (Å²) in [4.78, 5) is 23.9. The Hall–Kier alpha value is -1.95. The number of carbonyl (C=O) groups excluding carboxylic acids is 1. The topological polar surface area (TPSA) is 66.8 Å². The summed E-state index contributed by atoms with van der Waals surface area (Å²) in [5.74, 6) is -2.00. The molecule has 0 saturated carbocycles. The third kappa shape index (κ3) is 2.65. The van der Waals surface area contributed by atoms with E-state index in [-0.39, 0.29) is 13.0 Å². The summed E-state index contributed by atoms with van der Waals surface area (Å²) >= 11 is 0. The van der Waals surface area contributed by atoms with Gasteiger partial charge in [-0.3, -0.25) is 9.59 Å². The van der Waals surface area contributed by atoms with Crippen LogP contribution in [-0.2, 0) is 14.3 Å². The second kappa shape index (κ2) is 5.14. The number of ether oxygens (including phenoxy) is 1. The van der Waals surface area contributed by atoms with E-state index >= 15 is 0 Å². The number of morpholine rings is 1. The van der Waals surface area contributed by atoms with Crippen LogP contribution in [0.25, 0.3) is 0 Å². The minimum Gasteiger partial charge on any atom is -0.481 e. The maximum atomic E-state index is 13.1. The van der Waals surface area contributed by atoms with Crippen molar-refractivity contribution in [1.29, 1.82) is 0 Å². The van der Waals surface area contributed by atoms with Crippen LogP contribution in [0.5, 0.6) is 0 Å². The van der Waals surface area contributed by atoms with Crippen molar-refractivity contribution in [3.63, 3.8) is 0 Å². The summed E-state index contributed by atoms with van der Waals surface area (Å²) in [5.41, 5.74) is 0.415. The van der Waals surface area contributed by atoms with Gasteiger partial charge < -0.3 is 14.7 Å². The summed E-state index contributed by atoms with van der Waals surface area (Å²) in [6.07, 6.45) is -1.38. The largest absolute Gasteiger partial charge is 0.481 e. The van der Waals surface area contributed by atoms with Crippen LogP contribution >= 0.6 is 0 Å². The second-order valence-corrected chi connectivity index (χ2v) is 3.93. The molecule has 1 aliphatic rings. The normalized spacial score (nSPS) is 19.9. The maximum absolute atomic E-state index is 13.1. The van der Waals surface area contributed by atoms with Gasteiger partial charge in [-0.1, -0.05) is 6.07 Å². The van der Waals surface area contributed by atoms with Crippen molar-refractivity contribution in [2.24, 2.45) is 0 Å². The standard InChI is InChI=1S/C12H12FNO4/c13-8-2-1-3-9(6-8)14-4-5-18-10(12(14)17)7-11(15)16/h1-3,6,10H,4-5,7H2,(H,15,16). The van der Waals surface area contributed by atoms with Crippen molar-refractivity contribution in [3.05, 3.63) is 30.1 Å². The summed E-state index contributed by atoms with van der Waals surface area (Å²) < 4.78 is 18.2. The van der Waals surface area contributed by atoms with Crippen LogP contribution in [0.2, 0.25) is 0 Å². The Kier molecular flexibility index (Phi) is 3.57. The molecule has 96 valence electrons. The zero-order valence-electron chi connectivity index (χ0n) is 9.51. The van der Waals surface area contributed by atoms with Gasteiger partial charge in [0.1, 0.15) is 11.9 Å². The summed E-state index contributed by atoms with van der Waals surface area (Å²) in [5, 5.41) is 8.67. The third-order valence-corrected chi connectivity index (χ3v) is 2.66. The van der Waals surface area contributed by atoms with Crippen LogP contribution in [0.15, 0.2) is 24.3 Å². The number of carbonyl (C=O) groups is 2. The van der Waals surface area contributed by atoms with Gasteiger partial charge in [0, 0.05) is 12.2 Å². The lowest BCUT2D eigenvalue weighted by Crippen LogP contribution is -2.48. The van der Waals surface area contributed by atoms with E-state index in [0.717, 1.165) is 0 Å². The number of amides is 1. The van der Waals surface area contributed by atoms with E-state index in [0.29, 0.717) is 12.2 Å². The van der Waals surface area contributed by atoms with Gasteiger partial charge in [-0.05, 0) is 18.2 Å². The molecule has 1 unspecified atom stereocenters. The predicted octanol–water partition coefficient (Wildman–Crippen LogP) is 1.03. The fourth-order valence-corrected chi connectivity index (χ4v) is 1.85. The average Bonchev–Trinajstić information content (AvgIpc) is 2.31. The molecule has 0 radical (unpaired) electrons. The van der Waals surface area contributed by atoms with Crippen molar-refractivity contribution < 1.29 is 23.8 Å². The van der Waals surface area contributed by atoms with E-state index < -0.39 is 23.8 Å². The first-order valence-electron chi connectivity index (χ1n) is 5.48. The van der Waals surface area contributed by atoms with Crippen LogP contribution in [0.3, 0.4) is 0 Å². The molecule has 1 saturated heterocycles. The molecule has 1 atom stereocenters. The lowest BCUT2D eigenvalue weighted by Gasteiger charge is -2.31. The number of aliphatic carboxylic acids is 1. The first-order chi connectivity index (χ1) is 8.58. The maximum Gasteiger partial charge on any atom is 0.306 e. The van der Waals surface area contributed by atoms with Gasteiger partial charge in [-0.2, -0.15) is 0 Å². The molecule has 5 nitrogen and oxygen atoms in total. The van der Waals surface area contributed by atoms with Crippen LogP contribution in [0, 0.1) is 5.82 Å². The Morgan fingerprint density at radius 1 is 1.56 bits per heavy atom. The summed E-state index contributed by atoms with van der Waals surface area (Å²) in [7, 11) is 0. The SMILES string of the molecule is O=C(O)CC1OCCN(c2cccc(F)c2)C1=O. The number of benzene rings is 1. The third-order valence-electron chi connectivity index (χ3n) is 2.66. The lowest BCUT2D eigenvalue weighted by atomic mass is 10.1. The van der Waals surface area contributed by atoms with Crippen molar-refractivity contribution in [1.82, 2.24) is 0 Å². The molecule has 18 heavy (non-hydrogen) atoms. The van der Waals surface area contributed by atoms with Gasteiger partial charge in [0.2, 0.25) is 0 Å². The molecule has 0 bridgehead atoms. The Morgan fingerprint density at radius 2 is 2.33 bits per heavy atom. The predicted molar refractivity (Wildman–Crippen MR) is 60.7 cm³/mol. The fraction of sp³-hybridized carbons (Fsp3) is 0.333. The van der Waals surface area contributed by atoms with Crippen molar-refractivity contribution >= 4 is 17.6 Å². The van der Waals surface area contributed by atoms with Gasteiger partial charge >= 0.3 is 5.97 Å².